The van der Waals surface area contributed by atoms with Gasteiger partial charge < -0.3 is 9.84 Å². The van der Waals surface area contributed by atoms with Crippen LogP contribution < -0.4 is 0 Å². The molecule has 1 N–H and O–H groups in total. The normalized spacial score (nSPS) is 21.5. The van der Waals surface area contributed by atoms with Crippen LogP contribution >= 0.6 is 0 Å². The highest BCUT2D eigenvalue weighted by atomic mass is 16.6. The van der Waals surface area contributed by atoms with Gasteiger partial charge in [0.15, 0.2) is 0 Å². The molecule has 0 saturated heterocycles. The fraction of sp³-hybridized carbons (Fsp3) is 0.471. The van der Waals surface area contributed by atoms with Gasteiger partial charge in [-0.25, -0.2) is 4.79 Å². The van der Waals surface area contributed by atoms with Crippen LogP contribution in [0.15, 0.2) is 35.9 Å². The number of rotatable bonds is 4. The lowest BCUT2D eigenvalue weighted by atomic mass is 9.78. The van der Waals surface area contributed by atoms with Crippen LogP contribution in [-0.4, -0.2) is 27.7 Å². The molecule has 0 amide bonds. The Labute approximate surface area is 134 Å². The number of benzene rings is 1. The van der Waals surface area contributed by atoms with E-state index in [0.717, 1.165) is 12.0 Å². The van der Waals surface area contributed by atoms with E-state index in [2.05, 4.69) is 0 Å². The predicted molar refractivity (Wildman–Crippen MR) is 85.1 cm³/mol. The maximum Gasteiger partial charge on any atom is 0.338 e. The van der Waals surface area contributed by atoms with E-state index in [4.69, 9.17) is 4.74 Å². The Bertz CT molecular complexity index is 627. The first-order valence-electron chi connectivity index (χ1n) is 7.53. The zero-order chi connectivity index (χ0) is 17.2. The van der Waals surface area contributed by atoms with E-state index in [9.17, 15) is 20.0 Å². The van der Waals surface area contributed by atoms with Crippen LogP contribution in [0.4, 0.5) is 5.69 Å². The molecule has 1 aliphatic rings. The highest BCUT2D eigenvalue weighted by Gasteiger charge is 2.33. The number of non-ortho nitro benzene ring substituents is 1. The van der Waals surface area contributed by atoms with E-state index >= 15 is 0 Å². The van der Waals surface area contributed by atoms with Crippen molar-refractivity contribution in [1.29, 1.82) is 0 Å². The van der Waals surface area contributed by atoms with Crippen LogP contribution in [0.3, 0.4) is 0 Å². The minimum atomic E-state index is -0.838. The molecular weight excluding hydrogens is 298 g/mol. The number of nitro benzene ring substituents is 1. The van der Waals surface area contributed by atoms with Gasteiger partial charge in [0.05, 0.1) is 16.1 Å². The van der Waals surface area contributed by atoms with Gasteiger partial charge in [0.2, 0.25) is 0 Å². The summed E-state index contributed by atoms with van der Waals surface area (Å²) in [5.41, 5.74) is 0.321. The second-order valence-corrected chi connectivity index (χ2v) is 6.47. The van der Waals surface area contributed by atoms with E-state index in [1.165, 1.54) is 24.3 Å². The summed E-state index contributed by atoms with van der Waals surface area (Å²) in [7, 11) is 0. The zero-order valence-electron chi connectivity index (χ0n) is 13.5. The lowest BCUT2D eigenvalue weighted by molar-refractivity contribution is -0.384. The number of carbonyl (C=O) groups is 1. The molecule has 6 heteroatoms. The van der Waals surface area contributed by atoms with Crippen LogP contribution in [0.2, 0.25) is 0 Å². The minimum Gasteiger partial charge on any atom is -0.454 e. The fourth-order valence-corrected chi connectivity index (χ4v) is 2.63. The number of nitrogens with zero attached hydrogens (tertiary/aromatic N) is 1. The number of allylic oxidation sites excluding steroid dienone is 1. The molecule has 2 rings (SSSR count). The van der Waals surface area contributed by atoms with Gasteiger partial charge in [-0.1, -0.05) is 6.08 Å². The average molecular weight is 319 g/mol. The topological polar surface area (TPSA) is 89.7 Å². The molecule has 0 spiro atoms. The number of carbonyl (C=O) groups excluding carboxylic acids is 1. The number of esters is 1. The monoisotopic (exact) mass is 319 g/mol. The lowest BCUT2D eigenvalue weighted by Gasteiger charge is -2.35. The smallest absolute Gasteiger partial charge is 0.338 e. The van der Waals surface area contributed by atoms with Gasteiger partial charge in [0.25, 0.3) is 5.69 Å². The van der Waals surface area contributed by atoms with Gasteiger partial charge in [0, 0.05) is 12.1 Å². The van der Waals surface area contributed by atoms with Gasteiger partial charge in [-0.2, -0.15) is 0 Å². The molecule has 0 aromatic heterocycles. The summed E-state index contributed by atoms with van der Waals surface area (Å²) in [4.78, 5) is 22.3. The fourth-order valence-electron chi connectivity index (χ4n) is 2.63. The second-order valence-electron chi connectivity index (χ2n) is 6.47. The molecule has 0 saturated carbocycles. The van der Waals surface area contributed by atoms with Crippen molar-refractivity contribution in [3.8, 4) is 0 Å². The Morgan fingerprint density at radius 2 is 1.96 bits per heavy atom. The van der Waals surface area contributed by atoms with Crippen LogP contribution in [-0.2, 0) is 4.74 Å². The van der Waals surface area contributed by atoms with Crippen molar-refractivity contribution >= 4 is 11.7 Å². The molecule has 124 valence electrons. The molecule has 0 bridgehead atoms. The molecule has 23 heavy (non-hydrogen) atoms. The van der Waals surface area contributed by atoms with Gasteiger partial charge >= 0.3 is 5.97 Å². The summed E-state index contributed by atoms with van der Waals surface area (Å²) in [5, 5.41) is 20.8. The molecule has 1 aromatic carbocycles. The molecule has 6 nitrogen and oxygen atoms in total. The van der Waals surface area contributed by atoms with Crippen LogP contribution in [0, 0.1) is 16.0 Å². The van der Waals surface area contributed by atoms with E-state index in [1.54, 1.807) is 13.8 Å². The average Bonchev–Trinajstić information content (AvgIpc) is 2.48. The van der Waals surface area contributed by atoms with Crippen LogP contribution in [0.25, 0.3) is 0 Å². The Balaban J connectivity index is 2.08. The van der Waals surface area contributed by atoms with Gasteiger partial charge in [-0.05, 0) is 57.2 Å². The largest absolute Gasteiger partial charge is 0.454 e. The van der Waals surface area contributed by atoms with Crippen molar-refractivity contribution in [2.75, 3.05) is 0 Å². The van der Waals surface area contributed by atoms with E-state index in [1.807, 2.05) is 13.0 Å². The minimum absolute atomic E-state index is 0.0147. The van der Waals surface area contributed by atoms with Gasteiger partial charge in [0.1, 0.15) is 6.10 Å². The first-order chi connectivity index (χ1) is 10.7. The maximum absolute atomic E-state index is 12.2. The number of ether oxygens (including phenoxy) is 1. The molecule has 2 atom stereocenters. The molecule has 0 fully saturated rings. The number of nitro groups is 1. The molecule has 1 aliphatic carbocycles. The van der Waals surface area contributed by atoms with Crippen LogP contribution in [0.1, 0.15) is 44.0 Å². The van der Waals surface area contributed by atoms with Crippen LogP contribution in [0.5, 0.6) is 0 Å². The Morgan fingerprint density at radius 3 is 2.48 bits per heavy atom. The molecule has 0 aliphatic heterocycles. The third-order valence-electron chi connectivity index (χ3n) is 4.29. The van der Waals surface area contributed by atoms with Gasteiger partial charge in [-0.15, -0.1) is 0 Å². The Morgan fingerprint density at radius 1 is 1.35 bits per heavy atom. The highest BCUT2D eigenvalue weighted by molar-refractivity contribution is 5.89. The first-order valence-corrected chi connectivity index (χ1v) is 7.53. The molecule has 0 heterocycles. The highest BCUT2D eigenvalue weighted by Crippen LogP contribution is 2.33. The Kier molecular flexibility index (Phi) is 4.85. The summed E-state index contributed by atoms with van der Waals surface area (Å²) in [6.07, 6.45) is 2.91. The summed E-state index contributed by atoms with van der Waals surface area (Å²) >= 11 is 0. The molecular formula is C17H21NO5. The van der Waals surface area contributed by atoms with Crippen molar-refractivity contribution in [3.05, 3.63) is 51.6 Å². The SMILES string of the molecule is CC1=CCC(C(C)(C)O)C[C@@H]1OC(=O)c1ccc([N+](=O)[O-])cc1. The maximum atomic E-state index is 12.2. The quantitative estimate of drug-likeness (QED) is 0.398. The molecule has 1 aromatic rings. The van der Waals surface area contributed by atoms with Crippen molar-refractivity contribution in [3.63, 3.8) is 0 Å². The van der Waals surface area contributed by atoms with Crippen molar-refractivity contribution in [1.82, 2.24) is 0 Å². The second kappa shape index (κ2) is 6.50. The lowest BCUT2D eigenvalue weighted by Crippen LogP contribution is -2.37. The van der Waals surface area contributed by atoms with E-state index in [0.29, 0.717) is 6.42 Å². The predicted octanol–water partition coefficient (Wildman–Crippen LogP) is 3.25. The summed E-state index contributed by atoms with van der Waals surface area (Å²) < 4.78 is 5.53. The Hall–Kier alpha value is -2.21. The number of aliphatic hydroxyl groups is 1. The number of hydrogen-bond donors (Lipinski definition) is 1. The molecule has 0 radical (unpaired) electrons. The molecule has 1 unspecified atom stereocenters. The van der Waals surface area contributed by atoms with E-state index < -0.39 is 16.5 Å². The van der Waals surface area contributed by atoms with Crippen molar-refractivity contribution in [2.24, 2.45) is 5.92 Å². The summed E-state index contributed by atoms with van der Waals surface area (Å²) in [6.45, 7) is 5.40. The standard InChI is InChI=1S/C17H21NO5/c1-11-4-7-13(17(2,3)20)10-15(11)23-16(19)12-5-8-14(9-6-12)18(21)22/h4-6,8-9,13,15,20H,7,10H2,1-3H3/t13?,15-/m0/s1. The van der Waals surface area contributed by atoms with Crippen molar-refractivity contribution < 1.29 is 19.6 Å². The third kappa shape index (κ3) is 4.16. The number of hydrogen-bond acceptors (Lipinski definition) is 5. The summed E-state index contributed by atoms with van der Waals surface area (Å²) in [6, 6.07) is 5.32. The summed E-state index contributed by atoms with van der Waals surface area (Å²) in [5.74, 6) is -0.505. The van der Waals surface area contributed by atoms with Crippen molar-refractivity contribution in [2.45, 2.75) is 45.3 Å². The third-order valence-corrected chi connectivity index (χ3v) is 4.29. The zero-order valence-corrected chi connectivity index (χ0v) is 13.5. The first kappa shape index (κ1) is 17.1. The van der Waals surface area contributed by atoms with E-state index in [-0.39, 0.29) is 23.3 Å². The van der Waals surface area contributed by atoms with Gasteiger partial charge in [-0.3, -0.25) is 10.1 Å².